The average molecular weight is 320 g/mol. The Labute approximate surface area is 133 Å². The van der Waals surface area contributed by atoms with Gasteiger partial charge in [0.15, 0.2) is 0 Å². The fraction of sp³-hybridized carbons (Fsp3) is 0.588. The van der Waals surface area contributed by atoms with E-state index in [-0.39, 0.29) is 4.90 Å². The van der Waals surface area contributed by atoms with Crippen molar-refractivity contribution in [1.82, 2.24) is 4.83 Å². The zero-order valence-corrected chi connectivity index (χ0v) is 14.1. The Hall–Kier alpha value is -1.36. The van der Waals surface area contributed by atoms with E-state index in [0.29, 0.717) is 11.8 Å². The Morgan fingerprint density at radius 2 is 1.95 bits per heavy atom. The van der Waals surface area contributed by atoms with Crippen LogP contribution >= 0.6 is 0 Å². The summed E-state index contributed by atoms with van der Waals surface area (Å²) in [5.41, 5.74) is 2.20. The molecule has 5 heteroatoms. The molecule has 0 aromatic heterocycles. The summed E-state index contributed by atoms with van der Waals surface area (Å²) in [7, 11) is -3.55. The van der Waals surface area contributed by atoms with E-state index in [1.807, 2.05) is 12.1 Å². The van der Waals surface area contributed by atoms with Crippen molar-refractivity contribution in [1.29, 1.82) is 0 Å². The molecule has 0 heterocycles. The normalized spacial score (nSPS) is 26.0. The molecule has 120 valence electrons. The molecular formula is C17H24N2O2S. The zero-order chi connectivity index (χ0) is 15.7. The third-order valence-electron chi connectivity index (χ3n) is 4.70. The number of benzene rings is 1. The van der Waals surface area contributed by atoms with Crippen LogP contribution in [0.25, 0.3) is 0 Å². The minimum atomic E-state index is -3.55. The summed E-state index contributed by atoms with van der Waals surface area (Å²) in [6.45, 7) is 4.30. The number of nitrogens with zero attached hydrogens (tertiary/aromatic N) is 1. The van der Waals surface area contributed by atoms with Crippen LogP contribution in [0, 0.1) is 17.8 Å². The van der Waals surface area contributed by atoms with Crippen molar-refractivity contribution >= 4 is 15.7 Å². The molecule has 1 aromatic rings. The standard InChI is InChI=1S/C17H24N2O2S/c1-12(2)9-13-4-7-16(8-5-13)22(20,21)19-18-17-11-14-3-6-15(17)10-14/h4-5,7-8,12,14-15,19H,3,6,9-11H2,1-2H3/b18-17-/t14-,15-/m0/s1. The zero-order valence-electron chi connectivity index (χ0n) is 13.2. The minimum Gasteiger partial charge on any atom is -0.200 e. The van der Waals surface area contributed by atoms with Crippen LogP contribution in [0.5, 0.6) is 0 Å². The van der Waals surface area contributed by atoms with Crippen molar-refractivity contribution in [3.63, 3.8) is 0 Å². The minimum absolute atomic E-state index is 0.285. The van der Waals surface area contributed by atoms with Gasteiger partial charge in [-0.05, 0) is 67.6 Å². The van der Waals surface area contributed by atoms with Crippen LogP contribution in [0.2, 0.25) is 0 Å². The van der Waals surface area contributed by atoms with Gasteiger partial charge in [0, 0.05) is 5.71 Å². The maximum absolute atomic E-state index is 12.3. The highest BCUT2D eigenvalue weighted by atomic mass is 32.2. The molecule has 0 amide bonds. The summed E-state index contributed by atoms with van der Waals surface area (Å²) in [5.74, 6) is 1.79. The number of hydrogen-bond donors (Lipinski definition) is 1. The SMILES string of the molecule is CC(C)Cc1ccc(S(=O)(=O)N/N=C2/C[C@H]3CC[C@H]2C3)cc1. The highest BCUT2D eigenvalue weighted by Crippen LogP contribution is 2.42. The maximum Gasteiger partial charge on any atom is 0.276 e. The Bertz CT molecular complexity index is 662. The van der Waals surface area contributed by atoms with E-state index >= 15 is 0 Å². The maximum atomic E-state index is 12.3. The van der Waals surface area contributed by atoms with Crippen LogP contribution in [0.1, 0.15) is 45.1 Å². The van der Waals surface area contributed by atoms with Crippen LogP contribution in [0.4, 0.5) is 0 Å². The summed E-state index contributed by atoms with van der Waals surface area (Å²) in [4.78, 5) is 2.71. The van der Waals surface area contributed by atoms with E-state index < -0.39 is 10.0 Å². The predicted octanol–water partition coefficient (Wildman–Crippen LogP) is 3.34. The molecule has 1 aromatic carbocycles. The highest BCUT2D eigenvalue weighted by molar-refractivity contribution is 7.89. The number of hydrazone groups is 1. The van der Waals surface area contributed by atoms with E-state index in [9.17, 15) is 8.42 Å². The third kappa shape index (κ3) is 3.35. The molecule has 0 spiro atoms. The van der Waals surface area contributed by atoms with Gasteiger partial charge in [-0.25, -0.2) is 4.83 Å². The monoisotopic (exact) mass is 320 g/mol. The molecule has 22 heavy (non-hydrogen) atoms. The van der Waals surface area contributed by atoms with Crippen LogP contribution in [-0.4, -0.2) is 14.1 Å². The topological polar surface area (TPSA) is 58.5 Å². The van der Waals surface area contributed by atoms with Crippen molar-refractivity contribution in [3.05, 3.63) is 29.8 Å². The van der Waals surface area contributed by atoms with Crippen LogP contribution in [0.15, 0.2) is 34.3 Å². The number of nitrogens with one attached hydrogen (secondary N) is 1. The van der Waals surface area contributed by atoms with E-state index in [2.05, 4.69) is 23.8 Å². The van der Waals surface area contributed by atoms with E-state index in [4.69, 9.17) is 0 Å². The molecule has 3 rings (SSSR count). The van der Waals surface area contributed by atoms with E-state index in [1.165, 1.54) is 12.8 Å². The second-order valence-corrected chi connectivity index (χ2v) is 8.68. The summed E-state index contributed by atoms with van der Waals surface area (Å²) in [6.07, 6.45) is 5.53. The molecule has 2 aliphatic rings. The molecule has 0 unspecified atom stereocenters. The first-order valence-electron chi connectivity index (χ1n) is 8.11. The van der Waals surface area contributed by atoms with Gasteiger partial charge >= 0.3 is 0 Å². The second-order valence-electron chi connectivity index (χ2n) is 7.02. The van der Waals surface area contributed by atoms with E-state index in [0.717, 1.165) is 36.5 Å². The summed E-state index contributed by atoms with van der Waals surface area (Å²) < 4.78 is 24.6. The van der Waals surface area contributed by atoms with Gasteiger partial charge in [-0.15, -0.1) is 0 Å². The van der Waals surface area contributed by atoms with Crippen LogP contribution in [0.3, 0.4) is 0 Å². The summed E-state index contributed by atoms with van der Waals surface area (Å²) >= 11 is 0. The second kappa shape index (κ2) is 6.03. The van der Waals surface area contributed by atoms with Crippen LogP contribution in [-0.2, 0) is 16.4 Å². The molecule has 0 aliphatic heterocycles. The first-order valence-corrected chi connectivity index (χ1v) is 9.59. The van der Waals surface area contributed by atoms with Gasteiger partial charge in [0.25, 0.3) is 10.0 Å². The van der Waals surface area contributed by atoms with Gasteiger partial charge in [-0.2, -0.15) is 13.5 Å². The molecule has 2 atom stereocenters. The van der Waals surface area contributed by atoms with Crippen molar-refractivity contribution in [2.75, 3.05) is 0 Å². The van der Waals surface area contributed by atoms with Crippen molar-refractivity contribution in [2.24, 2.45) is 22.9 Å². The number of fused-ring (bicyclic) bond motifs is 2. The molecule has 0 saturated heterocycles. The molecular weight excluding hydrogens is 296 g/mol. The smallest absolute Gasteiger partial charge is 0.200 e. The molecule has 0 radical (unpaired) electrons. The van der Waals surface area contributed by atoms with Gasteiger partial charge in [0.2, 0.25) is 0 Å². The largest absolute Gasteiger partial charge is 0.276 e. The fourth-order valence-electron chi connectivity index (χ4n) is 3.61. The number of hydrogen-bond acceptors (Lipinski definition) is 3. The van der Waals surface area contributed by atoms with Crippen molar-refractivity contribution < 1.29 is 8.42 Å². The summed E-state index contributed by atoms with van der Waals surface area (Å²) in [6, 6.07) is 7.11. The Balaban J connectivity index is 1.69. The van der Waals surface area contributed by atoms with E-state index in [1.54, 1.807) is 12.1 Å². The first kappa shape index (κ1) is 15.5. The lowest BCUT2D eigenvalue weighted by atomic mass is 9.99. The third-order valence-corrected chi connectivity index (χ3v) is 5.92. The quantitative estimate of drug-likeness (QED) is 0.846. The molecule has 2 fully saturated rings. The average Bonchev–Trinajstić information content (AvgIpc) is 3.08. The lowest BCUT2D eigenvalue weighted by Gasteiger charge is -2.12. The van der Waals surface area contributed by atoms with Gasteiger partial charge in [-0.3, -0.25) is 0 Å². The van der Waals surface area contributed by atoms with Gasteiger partial charge in [0.05, 0.1) is 4.90 Å². The number of sulfonamides is 1. The van der Waals surface area contributed by atoms with Crippen LogP contribution < -0.4 is 4.83 Å². The molecule has 4 nitrogen and oxygen atoms in total. The number of rotatable bonds is 5. The fourth-order valence-corrected chi connectivity index (χ4v) is 4.45. The summed E-state index contributed by atoms with van der Waals surface area (Å²) in [5, 5.41) is 4.20. The van der Waals surface area contributed by atoms with Gasteiger partial charge in [0.1, 0.15) is 0 Å². The van der Waals surface area contributed by atoms with Crippen molar-refractivity contribution in [3.8, 4) is 0 Å². The highest BCUT2D eigenvalue weighted by Gasteiger charge is 2.36. The Kier molecular flexibility index (Phi) is 4.26. The van der Waals surface area contributed by atoms with Crippen molar-refractivity contribution in [2.45, 2.75) is 50.8 Å². The Morgan fingerprint density at radius 1 is 1.23 bits per heavy atom. The lowest BCUT2D eigenvalue weighted by Crippen LogP contribution is -2.22. The molecule has 1 N–H and O–H groups in total. The molecule has 2 bridgehead atoms. The molecule has 2 saturated carbocycles. The van der Waals surface area contributed by atoms with Gasteiger partial charge < -0.3 is 0 Å². The predicted molar refractivity (Wildman–Crippen MR) is 88.2 cm³/mol. The van der Waals surface area contributed by atoms with Gasteiger partial charge in [-0.1, -0.05) is 26.0 Å². The Morgan fingerprint density at radius 3 is 2.50 bits per heavy atom. The first-order chi connectivity index (χ1) is 10.4. The lowest BCUT2D eigenvalue weighted by molar-refractivity contribution is 0.579. The molecule has 2 aliphatic carbocycles.